The SMILES string of the molecule is N#CC1(NC(=O)c2cc(Br)ccc2I)CCCC1. The highest BCUT2D eigenvalue weighted by Crippen LogP contribution is 2.29. The van der Waals surface area contributed by atoms with E-state index in [4.69, 9.17) is 0 Å². The van der Waals surface area contributed by atoms with E-state index in [1.165, 1.54) is 0 Å². The van der Waals surface area contributed by atoms with Gasteiger partial charge in [0.2, 0.25) is 0 Å². The van der Waals surface area contributed by atoms with Crippen molar-refractivity contribution in [2.45, 2.75) is 31.2 Å². The molecule has 1 aromatic carbocycles. The minimum Gasteiger partial charge on any atom is -0.334 e. The van der Waals surface area contributed by atoms with Crippen LogP contribution >= 0.6 is 38.5 Å². The molecule has 3 nitrogen and oxygen atoms in total. The standard InChI is InChI=1S/C13H12BrIN2O/c14-9-3-4-11(15)10(7-9)12(18)17-13(8-16)5-1-2-6-13/h3-4,7H,1-2,5-6H2,(H,17,18). The van der Waals surface area contributed by atoms with Gasteiger partial charge >= 0.3 is 0 Å². The summed E-state index contributed by atoms with van der Waals surface area (Å²) < 4.78 is 1.75. The Morgan fingerprint density at radius 3 is 2.72 bits per heavy atom. The molecule has 0 unspecified atom stereocenters. The fourth-order valence-corrected chi connectivity index (χ4v) is 3.14. The maximum Gasteiger partial charge on any atom is 0.253 e. The normalized spacial score (nSPS) is 17.2. The number of halogens is 2. The third-order valence-electron chi connectivity index (χ3n) is 3.20. The van der Waals surface area contributed by atoms with Gasteiger partial charge in [-0.15, -0.1) is 0 Å². The minimum absolute atomic E-state index is 0.163. The fraction of sp³-hybridized carbons (Fsp3) is 0.385. The molecule has 1 aromatic rings. The zero-order valence-electron chi connectivity index (χ0n) is 9.67. The molecule has 5 heteroatoms. The lowest BCUT2D eigenvalue weighted by Crippen LogP contribution is -2.45. The second kappa shape index (κ2) is 5.57. The summed E-state index contributed by atoms with van der Waals surface area (Å²) >= 11 is 5.49. The smallest absolute Gasteiger partial charge is 0.253 e. The molecule has 94 valence electrons. The molecule has 1 amide bonds. The van der Waals surface area contributed by atoms with Crippen LogP contribution in [-0.4, -0.2) is 11.4 Å². The van der Waals surface area contributed by atoms with Gasteiger partial charge in [0.25, 0.3) is 5.91 Å². The molecule has 0 atom stereocenters. The summed E-state index contributed by atoms with van der Waals surface area (Å²) in [6, 6.07) is 7.83. The van der Waals surface area contributed by atoms with Crippen molar-refractivity contribution in [2.75, 3.05) is 0 Å². The lowest BCUT2D eigenvalue weighted by molar-refractivity contribution is 0.0919. The van der Waals surface area contributed by atoms with Crippen LogP contribution in [0.5, 0.6) is 0 Å². The molecule has 1 N–H and O–H groups in total. The maximum absolute atomic E-state index is 12.2. The Morgan fingerprint density at radius 2 is 2.11 bits per heavy atom. The van der Waals surface area contributed by atoms with Crippen molar-refractivity contribution in [3.05, 3.63) is 31.8 Å². The summed E-state index contributed by atoms with van der Waals surface area (Å²) in [6.45, 7) is 0. The molecule has 0 radical (unpaired) electrons. The Hall–Kier alpha value is -0.610. The molecular weight excluding hydrogens is 407 g/mol. The zero-order chi connectivity index (χ0) is 13.2. The van der Waals surface area contributed by atoms with Crippen molar-refractivity contribution >= 4 is 44.4 Å². The van der Waals surface area contributed by atoms with E-state index >= 15 is 0 Å². The predicted molar refractivity (Wildman–Crippen MR) is 81.1 cm³/mol. The van der Waals surface area contributed by atoms with Gasteiger partial charge in [0.1, 0.15) is 5.54 Å². The molecule has 1 aliphatic rings. The Bertz CT molecular complexity index is 518. The Morgan fingerprint density at radius 1 is 1.44 bits per heavy atom. The topological polar surface area (TPSA) is 52.9 Å². The quantitative estimate of drug-likeness (QED) is 0.745. The first-order valence-corrected chi connectivity index (χ1v) is 7.62. The molecule has 0 bridgehead atoms. The van der Waals surface area contributed by atoms with Crippen molar-refractivity contribution in [3.8, 4) is 6.07 Å². The molecule has 1 saturated carbocycles. The predicted octanol–water partition coefficient (Wildman–Crippen LogP) is 3.62. The van der Waals surface area contributed by atoms with Gasteiger partial charge < -0.3 is 5.32 Å². The summed E-state index contributed by atoms with van der Waals surface area (Å²) in [7, 11) is 0. The number of nitriles is 1. The van der Waals surface area contributed by atoms with Crippen LogP contribution in [-0.2, 0) is 0 Å². The zero-order valence-corrected chi connectivity index (χ0v) is 13.4. The van der Waals surface area contributed by atoms with Crippen LogP contribution in [0.1, 0.15) is 36.0 Å². The van der Waals surface area contributed by atoms with E-state index in [9.17, 15) is 10.1 Å². The molecule has 0 saturated heterocycles. The number of rotatable bonds is 2. The van der Waals surface area contributed by atoms with Crippen LogP contribution in [0.4, 0.5) is 0 Å². The van der Waals surface area contributed by atoms with Crippen LogP contribution in [0.3, 0.4) is 0 Å². The fourth-order valence-electron chi connectivity index (χ4n) is 2.20. The van der Waals surface area contributed by atoms with Crippen molar-refractivity contribution < 1.29 is 4.79 Å². The van der Waals surface area contributed by atoms with Gasteiger partial charge in [-0.25, -0.2) is 0 Å². The number of hydrogen-bond donors (Lipinski definition) is 1. The molecule has 0 heterocycles. The van der Waals surface area contributed by atoms with E-state index in [1.54, 1.807) is 6.07 Å². The molecule has 18 heavy (non-hydrogen) atoms. The summed E-state index contributed by atoms with van der Waals surface area (Å²) in [5.41, 5.74) is -0.0471. The van der Waals surface area contributed by atoms with Crippen molar-refractivity contribution in [2.24, 2.45) is 0 Å². The molecule has 0 spiro atoms. The second-order valence-electron chi connectivity index (χ2n) is 4.48. The number of carbonyl (C=O) groups excluding carboxylic acids is 1. The summed E-state index contributed by atoms with van der Waals surface area (Å²) in [4.78, 5) is 12.2. The van der Waals surface area contributed by atoms with E-state index in [0.29, 0.717) is 5.56 Å². The first-order chi connectivity index (χ1) is 8.56. The molecule has 2 rings (SSSR count). The Balaban J connectivity index is 2.22. The van der Waals surface area contributed by atoms with E-state index in [-0.39, 0.29) is 5.91 Å². The number of carbonyl (C=O) groups is 1. The molecule has 0 aromatic heterocycles. The summed E-state index contributed by atoms with van der Waals surface area (Å²) in [5, 5.41) is 12.2. The molecule has 1 fully saturated rings. The Labute approximate surface area is 128 Å². The first-order valence-electron chi connectivity index (χ1n) is 5.75. The lowest BCUT2D eigenvalue weighted by Gasteiger charge is -2.22. The number of hydrogen-bond acceptors (Lipinski definition) is 2. The van der Waals surface area contributed by atoms with Gasteiger partial charge in [0, 0.05) is 8.04 Å². The number of benzene rings is 1. The van der Waals surface area contributed by atoms with E-state index in [0.717, 1.165) is 33.7 Å². The van der Waals surface area contributed by atoms with E-state index < -0.39 is 5.54 Å². The third kappa shape index (κ3) is 2.86. The molecular formula is C13H12BrIN2O. The lowest BCUT2D eigenvalue weighted by atomic mass is 9.99. The maximum atomic E-state index is 12.2. The van der Waals surface area contributed by atoms with Crippen molar-refractivity contribution in [3.63, 3.8) is 0 Å². The first kappa shape index (κ1) is 13.8. The highest BCUT2D eigenvalue weighted by Gasteiger charge is 2.35. The van der Waals surface area contributed by atoms with Crippen LogP contribution in [0.15, 0.2) is 22.7 Å². The summed E-state index contributed by atoms with van der Waals surface area (Å²) in [6.07, 6.45) is 3.51. The van der Waals surface area contributed by atoms with Crippen LogP contribution in [0.25, 0.3) is 0 Å². The minimum atomic E-state index is -0.664. The average Bonchev–Trinajstić information content (AvgIpc) is 2.81. The van der Waals surface area contributed by atoms with Crippen LogP contribution in [0.2, 0.25) is 0 Å². The van der Waals surface area contributed by atoms with Gasteiger partial charge in [-0.3, -0.25) is 4.79 Å². The van der Waals surface area contributed by atoms with E-state index in [1.807, 2.05) is 12.1 Å². The molecule has 1 aliphatic carbocycles. The highest BCUT2D eigenvalue weighted by atomic mass is 127. The monoisotopic (exact) mass is 418 g/mol. The molecule has 0 aliphatic heterocycles. The van der Waals surface area contributed by atoms with Gasteiger partial charge in [0.15, 0.2) is 0 Å². The van der Waals surface area contributed by atoms with Crippen LogP contribution < -0.4 is 5.32 Å². The van der Waals surface area contributed by atoms with Gasteiger partial charge in [-0.05, 0) is 66.5 Å². The van der Waals surface area contributed by atoms with E-state index in [2.05, 4.69) is 49.9 Å². The van der Waals surface area contributed by atoms with Gasteiger partial charge in [0.05, 0.1) is 11.6 Å². The Kier molecular flexibility index (Phi) is 4.28. The average molecular weight is 419 g/mol. The van der Waals surface area contributed by atoms with Crippen molar-refractivity contribution in [1.82, 2.24) is 5.32 Å². The number of amides is 1. The van der Waals surface area contributed by atoms with Crippen molar-refractivity contribution in [1.29, 1.82) is 5.26 Å². The van der Waals surface area contributed by atoms with Gasteiger partial charge in [-0.2, -0.15) is 5.26 Å². The van der Waals surface area contributed by atoms with Crippen LogP contribution in [0, 0.1) is 14.9 Å². The third-order valence-corrected chi connectivity index (χ3v) is 4.63. The number of nitrogens with zero attached hydrogens (tertiary/aromatic N) is 1. The number of nitrogens with one attached hydrogen (secondary N) is 1. The largest absolute Gasteiger partial charge is 0.334 e. The second-order valence-corrected chi connectivity index (χ2v) is 6.56. The highest BCUT2D eigenvalue weighted by molar-refractivity contribution is 14.1. The van der Waals surface area contributed by atoms with Gasteiger partial charge in [-0.1, -0.05) is 15.9 Å². The summed E-state index contributed by atoms with van der Waals surface area (Å²) in [5.74, 6) is -0.163.